The van der Waals surface area contributed by atoms with Gasteiger partial charge in [-0.05, 0) is 16.7 Å². The second kappa shape index (κ2) is 12.4. The quantitative estimate of drug-likeness (QED) is 0.437. The lowest BCUT2D eigenvalue weighted by molar-refractivity contribution is -0.388. The monoisotopic (exact) mass is 482 g/mol. The van der Waals surface area contributed by atoms with E-state index in [0.717, 1.165) is 16.7 Å². The van der Waals surface area contributed by atoms with Crippen LogP contribution in [0.1, 0.15) is 16.7 Å². The number of hydrogen-bond donors (Lipinski definition) is 1. The van der Waals surface area contributed by atoms with E-state index in [1.54, 1.807) is 0 Å². The van der Waals surface area contributed by atoms with Gasteiger partial charge < -0.3 is 28.8 Å². The van der Waals surface area contributed by atoms with Gasteiger partial charge in [0.1, 0.15) is 24.9 Å². The van der Waals surface area contributed by atoms with Gasteiger partial charge in [-0.1, -0.05) is 91.0 Å². The molecule has 0 amide bonds. The van der Waals surface area contributed by atoms with Gasteiger partial charge in [0.05, 0.1) is 19.8 Å². The molecule has 1 aliphatic rings. The van der Waals surface area contributed by atoms with E-state index < -0.39 is 37.1 Å². The normalized spacial score (nSPS) is 26.5. The summed E-state index contributed by atoms with van der Waals surface area (Å²) in [5.41, 5.74) is 2.69. The molecule has 1 aliphatic heterocycles. The van der Waals surface area contributed by atoms with Gasteiger partial charge in [-0.25, -0.2) is 4.39 Å². The lowest BCUT2D eigenvalue weighted by atomic mass is 9.96. The Morgan fingerprint density at radius 2 is 1.14 bits per heavy atom. The van der Waals surface area contributed by atoms with E-state index in [-0.39, 0.29) is 19.8 Å². The predicted molar refractivity (Wildman–Crippen MR) is 128 cm³/mol. The molecule has 186 valence electrons. The van der Waals surface area contributed by atoms with Crippen molar-refractivity contribution in [2.24, 2.45) is 0 Å². The molecule has 6 nitrogen and oxygen atoms in total. The fourth-order valence-corrected chi connectivity index (χ4v) is 4.08. The molecule has 5 atom stereocenters. The molecule has 0 aromatic heterocycles. The highest BCUT2D eigenvalue weighted by Crippen LogP contribution is 2.37. The van der Waals surface area contributed by atoms with E-state index in [1.807, 2.05) is 91.0 Å². The van der Waals surface area contributed by atoms with E-state index in [1.165, 1.54) is 7.11 Å². The molecule has 7 heteroatoms. The van der Waals surface area contributed by atoms with Crippen LogP contribution in [0, 0.1) is 0 Å². The second-order valence-electron chi connectivity index (χ2n) is 8.41. The summed E-state index contributed by atoms with van der Waals surface area (Å²) in [7, 11) is 1.40. The van der Waals surface area contributed by atoms with Gasteiger partial charge in [0.2, 0.25) is 0 Å². The van der Waals surface area contributed by atoms with Crippen molar-refractivity contribution in [3.63, 3.8) is 0 Å². The molecule has 1 saturated heterocycles. The molecule has 35 heavy (non-hydrogen) atoms. The summed E-state index contributed by atoms with van der Waals surface area (Å²) in [5.74, 6) is -2.55. The van der Waals surface area contributed by atoms with Crippen molar-refractivity contribution in [2.45, 2.75) is 50.3 Å². The number of benzene rings is 3. The van der Waals surface area contributed by atoms with Crippen LogP contribution in [-0.4, -0.2) is 49.3 Å². The first-order valence-corrected chi connectivity index (χ1v) is 11.6. The molecule has 4 rings (SSSR count). The van der Waals surface area contributed by atoms with Crippen LogP contribution in [0.5, 0.6) is 0 Å². The topological polar surface area (TPSA) is 66.4 Å². The Hall–Kier alpha value is -2.65. The zero-order chi connectivity index (χ0) is 24.5. The molecular weight excluding hydrogens is 451 g/mol. The zero-order valence-electron chi connectivity index (χ0n) is 19.7. The zero-order valence-corrected chi connectivity index (χ0v) is 19.7. The maximum Gasteiger partial charge on any atom is 0.263 e. The van der Waals surface area contributed by atoms with Crippen molar-refractivity contribution in [1.29, 1.82) is 0 Å². The van der Waals surface area contributed by atoms with Crippen molar-refractivity contribution in [2.75, 3.05) is 13.7 Å². The Bertz CT molecular complexity index is 1010. The highest BCUT2D eigenvalue weighted by molar-refractivity contribution is 5.16. The summed E-state index contributed by atoms with van der Waals surface area (Å²) in [6.45, 7) is -0.388. The average molecular weight is 483 g/mol. The van der Waals surface area contributed by atoms with Crippen LogP contribution < -0.4 is 0 Å². The minimum absolute atomic E-state index is 0.106. The summed E-state index contributed by atoms with van der Waals surface area (Å²) in [5, 5.41) is 10.00. The van der Waals surface area contributed by atoms with E-state index in [9.17, 15) is 5.11 Å². The Kier molecular flexibility index (Phi) is 8.98. The molecule has 3 aromatic rings. The van der Waals surface area contributed by atoms with Gasteiger partial charge in [-0.15, -0.1) is 0 Å². The molecule has 3 aromatic carbocycles. The number of methoxy groups -OCH3 is 1. The highest BCUT2D eigenvalue weighted by atomic mass is 19.2. The third kappa shape index (κ3) is 6.52. The van der Waals surface area contributed by atoms with Crippen LogP contribution >= 0.6 is 0 Å². The van der Waals surface area contributed by atoms with Crippen molar-refractivity contribution in [3.8, 4) is 0 Å². The molecule has 0 aliphatic carbocycles. The number of alkyl halides is 1. The number of ether oxygens (including phenoxy) is 5. The molecular formula is C28H31FO6. The number of halogens is 1. The van der Waals surface area contributed by atoms with Crippen molar-refractivity contribution in [3.05, 3.63) is 108 Å². The maximum absolute atomic E-state index is 16.0. The van der Waals surface area contributed by atoms with Gasteiger partial charge >= 0.3 is 0 Å². The van der Waals surface area contributed by atoms with Crippen molar-refractivity contribution < 1.29 is 33.2 Å². The largest absolute Gasteiger partial charge is 0.390 e. The number of aliphatic hydroxyl groups excluding tert-OH is 1. The van der Waals surface area contributed by atoms with Crippen LogP contribution in [0.2, 0.25) is 0 Å². The second-order valence-corrected chi connectivity index (χ2v) is 8.41. The molecule has 0 spiro atoms. The summed E-state index contributed by atoms with van der Waals surface area (Å²) in [4.78, 5) is 0. The minimum atomic E-state index is -2.55. The van der Waals surface area contributed by atoms with Crippen LogP contribution in [-0.2, 0) is 43.5 Å². The molecule has 1 fully saturated rings. The fourth-order valence-electron chi connectivity index (χ4n) is 4.08. The number of rotatable bonds is 11. The average Bonchev–Trinajstić information content (AvgIpc) is 2.92. The Morgan fingerprint density at radius 1 is 0.714 bits per heavy atom. The third-order valence-corrected chi connectivity index (χ3v) is 5.92. The predicted octanol–water partition coefficient (Wildman–Crippen LogP) is 4.40. The summed E-state index contributed by atoms with van der Waals surface area (Å²) < 4.78 is 45.5. The Balaban J connectivity index is 1.61. The minimum Gasteiger partial charge on any atom is -0.390 e. The standard InChI is InChI=1S/C28H31FO6/c1-31-27-25(33-18-22-13-7-3-8-14-22)24(32-17-21-11-5-2-6-12-21)26(28(29,20-30)35-27)34-19-23-15-9-4-10-16-23/h2-16,24-27,30H,17-20H2,1H3/t24-,25-,26+,27-,28+/m1/s1. The lowest BCUT2D eigenvalue weighted by Gasteiger charge is -2.47. The van der Waals surface area contributed by atoms with Crippen molar-refractivity contribution >= 4 is 0 Å². The van der Waals surface area contributed by atoms with E-state index in [0.29, 0.717) is 0 Å². The van der Waals surface area contributed by atoms with Crippen LogP contribution in [0.15, 0.2) is 91.0 Å². The van der Waals surface area contributed by atoms with Crippen molar-refractivity contribution in [1.82, 2.24) is 0 Å². The first-order valence-electron chi connectivity index (χ1n) is 11.6. The molecule has 1 N–H and O–H groups in total. The van der Waals surface area contributed by atoms with Crippen LogP contribution in [0.4, 0.5) is 4.39 Å². The third-order valence-electron chi connectivity index (χ3n) is 5.92. The lowest BCUT2D eigenvalue weighted by Crippen LogP contribution is -2.66. The van der Waals surface area contributed by atoms with Gasteiger partial charge in [0.15, 0.2) is 6.29 Å². The SMILES string of the molecule is CO[C@@H]1O[C@@](F)(CO)[C@@H](OCc2ccccc2)[C@H](OCc2ccccc2)[C@H]1OCc1ccccc1. The molecule has 0 bridgehead atoms. The van der Waals surface area contributed by atoms with E-state index in [4.69, 9.17) is 23.7 Å². The first-order chi connectivity index (χ1) is 17.1. The van der Waals surface area contributed by atoms with Crippen LogP contribution in [0.3, 0.4) is 0 Å². The number of hydrogen-bond acceptors (Lipinski definition) is 6. The molecule has 0 radical (unpaired) electrons. The molecule has 1 heterocycles. The highest BCUT2D eigenvalue weighted by Gasteiger charge is 2.58. The smallest absolute Gasteiger partial charge is 0.263 e. The van der Waals surface area contributed by atoms with Gasteiger partial charge in [0, 0.05) is 7.11 Å². The van der Waals surface area contributed by atoms with Gasteiger partial charge in [0.25, 0.3) is 5.85 Å². The van der Waals surface area contributed by atoms with Gasteiger partial charge in [-0.3, -0.25) is 0 Å². The molecule has 0 unspecified atom stereocenters. The summed E-state index contributed by atoms with van der Waals surface area (Å²) in [6, 6.07) is 28.6. The van der Waals surface area contributed by atoms with E-state index >= 15 is 4.39 Å². The maximum atomic E-state index is 16.0. The Morgan fingerprint density at radius 3 is 1.57 bits per heavy atom. The summed E-state index contributed by atoms with van der Waals surface area (Å²) >= 11 is 0. The van der Waals surface area contributed by atoms with Crippen LogP contribution in [0.25, 0.3) is 0 Å². The molecule has 0 saturated carbocycles. The fraction of sp³-hybridized carbons (Fsp3) is 0.357. The summed E-state index contributed by atoms with van der Waals surface area (Å²) in [6.07, 6.45) is -4.14. The first kappa shape index (κ1) is 25.4. The Labute approximate surface area is 205 Å². The van der Waals surface area contributed by atoms with E-state index in [2.05, 4.69) is 0 Å². The van der Waals surface area contributed by atoms with Gasteiger partial charge in [-0.2, -0.15) is 0 Å². The number of aliphatic hydroxyl groups is 1.